The molecule has 0 aliphatic carbocycles. The fraction of sp³-hybridized carbons (Fsp3) is 0.0625. The lowest BCUT2D eigenvalue weighted by Crippen LogP contribution is -2.21. The van der Waals surface area contributed by atoms with Gasteiger partial charge in [0, 0.05) is 6.20 Å². The molecule has 0 bridgehead atoms. The number of benzene rings is 2. The van der Waals surface area contributed by atoms with Crippen LogP contribution in [0.5, 0.6) is 0 Å². The molecule has 0 saturated carbocycles. The van der Waals surface area contributed by atoms with Crippen LogP contribution in [0.4, 0.5) is 11.4 Å². The number of anilines is 2. The summed E-state index contributed by atoms with van der Waals surface area (Å²) in [6.45, 7) is 1.88. The average molecular weight is 331 g/mol. The third-order valence-corrected chi connectivity index (χ3v) is 5.44. The molecule has 0 radical (unpaired) electrons. The van der Waals surface area contributed by atoms with E-state index in [9.17, 15) is 13.7 Å². The highest BCUT2D eigenvalue weighted by Gasteiger charge is 2.32. The van der Waals surface area contributed by atoms with Crippen molar-refractivity contribution in [3.05, 3.63) is 64.2 Å². The predicted molar refractivity (Wildman–Crippen MR) is 85.7 cm³/mol. The minimum atomic E-state index is -3.79. The Balaban J connectivity index is 2.35. The van der Waals surface area contributed by atoms with Gasteiger partial charge in [0.2, 0.25) is 9.84 Å². The molecule has 1 heterocycles. The van der Waals surface area contributed by atoms with Gasteiger partial charge in [-0.1, -0.05) is 29.8 Å². The Morgan fingerprint density at radius 1 is 1.14 bits per heavy atom. The van der Waals surface area contributed by atoms with Crippen LogP contribution in [0.15, 0.2) is 58.5 Å². The van der Waals surface area contributed by atoms with Crippen molar-refractivity contribution < 1.29 is 8.42 Å². The number of para-hydroxylation sites is 1. The molecule has 4 nitrogen and oxygen atoms in total. The Kier molecular flexibility index (Phi) is 3.44. The predicted octanol–water partition coefficient (Wildman–Crippen LogP) is 3.94. The molecule has 0 fully saturated rings. The van der Waals surface area contributed by atoms with Crippen molar-refractivity contribution in [2.24, 2.45) is 0 Å². The number of allylic oxidation sites excluding steroid dienone is 1. The van der Waals surface area contributed by atoms with E-state index < -0.39 is 9.84 Å². The van der Waals surface area contributed by atoms with Gasteiger partial charge in [0.05, 0.1) is 21.3 Å². The monoisotopic (exact) mass is 330 g/mol. The van der Waals surface area contributed by atoms with E-state index in [-0.39, 0.29) is 9.80 Å². The number of aryl methyl sites for hydroxylation is 1. The molecule has 0 N–H and O–H groups in total. The molecule has 1 aliphatic rings. The second-order valence-corrected chi connectivity index (χ2v) is 7.19. The number of sulfone groups is 1. The lowest BCUT2D eigenvalue weighted by atomic mass is 10.2. The minimum absolute atomic E-state index is 0.108. The molecule has 3 rings (SSSR count). The first-order valence-corrected chi connectivity index (χ1v) is 8.32. The average Bonchev–Trinajstić information content (AvgIpc) is 2.48. The summed E-state index contributed by atoms with van der Waals surface area (Å²) >= 11 is 6.22. The van der Waals surface area contributed by atoms with E-state index in [2.05, 4.69) is 0 Å². The Hall–Kier alpha value is -2.29. The Bertz CT molecular complexity index is 943. The van der Waals surface area contributed by atoms with Crippen LogP contribution >= 0.6 is 11.6 Å². The first-order valence-electron chi connectivity index (χ1n) is 6.46. The van der Waals surface area contributed by atoms with E-state index in [0.29, 0.717) is 16.4 Å². The zero-order valence-corrected chi connectivity index (χ0v) is 13.2. The lowest BCUT2D eigenvalue weighted by Gasteiger charge is -2.28. The van der Waals surface area contributed by atoms with Gasteiger partial charge in [-0.05, 0) is 36.8 Å². The van der Waals surface area contributed by atoms with Crippen LogP contribution in [-0.2, 0) is 9.84 Å². The SMILES string of the molecule is Cc1ccc2c(c1)N(c1ccccc1Cl)C=C(C#N)S2(=O)=O. The zero-order valence-electron chi connectivity index (χ0n) is 11.6. The number of rotatable bonds is 1. The molecule has 2 aromatic carbocycles. The van der Waals surface area contributed by atoms with Gasteiger partial charge in [-0.25, -0.2) is 8.42 Å². The van der Waals surface area contributed by atoms with Crippen molar-refractivity contribution in [3.63, 3.8) is 0 Å². The molecular weight excluding hydrogens is 320 g/mol. The highest BCUT2D eigenvalue weighted by Crippen LogP contribution is 2.41. The second kappa shape index (κ2) is 5.16. The summed E-state index contributed by atoms with van der Waals surface area (Å²) in [5.74, 6) is 0. The molecule has 0 spiro atoms. The molecule has 6 heteroatoms. The van der Waals surface area contributed by atoms with Gasteiger partial charge >= 0.3 is 0 Å². The molecule has 110 valence electrons. The van der Waals surface area contributed by atoms with Crippen LogP contribution in [0.2, 0.25) is 5.02 Å². The van der Waals surface area contributed by atoms with Gasteiger partial charge in [-0.15, -0.1) is 0 Å². The van der Waals surface area contributed by atoms with Gasteiger partial charge in [-0.2, -0.15) is 5.26 Å². The third-order valence-electron chi connectivity index (χ3n) is 3.42. The van der Waals surface area contributed by atoms with Crippen molar-refractivity contribution in [1.29, 1.82) is 5.26 Å². The topological polar surface area (TPSA) is 61.2 Å². The number of halogens is 1. The molecule has 0 saturated heterocycles. The van der Waals surface area contributed by atoms with Gasteiger partial charge < -0.3 is 4.90 Å². The van der Waals surface area contributed by atoms with Gasteiger partial charge in [0.25, 0.3) is 0 Å². The van der Waals surface area contributed by atoms with Crippen molar-refractivity contribution in [2.45, 2.75) is 11.8 Å². The molecule has 22 heavy (non-hydrogen) atoms. The van der Waals surface area contributed by atoms with Crippen LogP contribution in [0.25, 0.3) is 0 Å². The highest BCUT2D eigenvalue weighted by atomic mass is 35.5. The van der Waals surface area contributed by atoms with Crippen molar-refractivity contribution in [3.8, 4) is 6.07 Å². The van der Waals surface area contributed by atoms with E-state index in [1.54, 1.807) is 47.4 Å². The number of hydrogen-bond donors (Lipinski definition) is 0. The standard InChI is InChI=1S/C16H11ClN2O2S/c1-11-6-7-16-15(8-11)19(10-12(9-18)22(16,20)21)14-5-3-2-4-13(14)17/h2-8,10H,1H3. The van der Waals surface area contributed by atoms with E-state index >= 15 is 0 Å². The smallest absolute Gasteiger partial charge is 0.220 e. The summed E-state index contributed by atoms with van der Waals surface area (Å²) in [5.41, 5.74) is 2.03. The van der Waals surface area contributed by atoms with Crippen LogP contribution in [0.3, 0.4) is 0 Å². The second-order valence-electron chi connectivity index (χ2n) is 4.90. The summed E-state index contributed by atoms with van der Waals surface area (Å²) in [5, 5.41) is 9.66. The molecule has 0 atom stereocenters. The van der Waals surface area contributed by atoms with E-state index in [1.165, 1.54) is 12.3 Å². The van der Waals surface area contributed by atoms with E-state index in [0.717, 1.165) is 5.56 Å². The summed E-state index contributed by atoms with van der Waals surface area (Å²) in [6, 6.07) is 13.8. The molecule has 1 aliphatic heterocycles. The molecule has 0 amide bonds. The fourth-order valence-corrected chi connectivity index (χ4v) is 3.86. The molecule has 2 aromatic rings. The maximum atomic E-state index is 12.5. The van der Waals surface area contributed by atoms with Crippen molar-refractivity contribution in [2.75, 3.05) is 4.90 Å². The summed E-state index contributed by atoms with van der Waals surface area (Å²) in [6.07, 6.45) is 1.32. The Morgan fingerprint density at radius 2 is 1.86 bits per heavy atom. The summed E-state index contributed by atoms with van der Waals surface area (Å²) in [7, 11) is -3.79. The Labute approximate surface area is 133 Å². The molecule has 0 unspecified atom stereocenters. The quantitative estimate of drug-likeness (QED) is 0.794. The van der Waals surface area contributed by atoms with Crippen LogP contribution in [-0.4, -0.2) is 8.42 Å². The lowest BCUT2D eigenvalue weighted by molar-refractivity contribution is 0.602. The normalized spacial score (nSPS) is 15.7. The molecule has 0 aromatic heterocycles. The number of fused-ring (bicyclic) bond motifs is 1. The first kappa shape index (κ1) is 14.6. The van der Waals surface area contributed by atoms with Crippen molar-refractivity contribution in [1.82, 2.24) is 0 Å². The van der Waals surface area contributed by atoms with E-state index in [1.807, 2.05) is 6.92 Å². The van der Waals surface area contributed by atoms with Gasteiger partial charge in [0.1, 0.15) is 6.07 Å². The largest absolute Gasteiger partial charge is 0.312 e. The van der Waals surface area contributed by atoms with Crippen LogP contribution in [0.1, 0.15) is 5.56 Å². The Morgan fingerprint density at radius 3 is 2.55 bits per heavy atom. The van der Waals surface area contributed by atoms with Gasteiger partial charge in [-0.3, -0.25) is 0 Å². The minimum Gasteiger partial charge on any atom is -0.312 e. The summed E-state index contributed by atoms with van der Waals surface area (Å²) in [4.78, 5) is 1.45. The maximum absolute atomic E-state index is 12.5. The van der Waals surface area contributed by atoms with Crippen molar-refractivity contribution >= 4 is 32.8 Å². The van der Waals surface area contributed by atoms with E-state index in [4.69, 9.17) is 11.6 Å². The number of nitrogens with zero attached hydrogens (tertiary/aromatic N) is 2. The number of hydrogen-bond acceptors (Lipinski definition) is 4. The summed E-state index contributed by atoms with van der Waals surface area (Å²) < 4.78 is 24.9. The highest BCUT2D eigenvalue weighted by molar-refractivity contribution is 7.95. The number of nitriles is 1. The van der Waals surface area contributed by atoms with Gasteiger partial charge in [0.15, 0.2) is 4.91 Å². The molecular formula is C16H11ClN2O2S. The maximum Gasteiger partial charge on any atom is 0.220 e. The van der Waals surface area contributed by atoms with Crippen LogP contribution in [0, 0.1) is 18.3 Å². The first-order chi connectivity index (χ1) is 10.4. The third kappa shape index (κ3) is 2.17. The fourth-order valence-electron chi connectivity index (χ4n) is 2.35. The van der Waals surface area contributed by atoms with Crippen LogP contribution < -0.4 is 4.90 Å². The zero-order chi connectivity index (χ0) is 15.9.